The van der Waals surface area contributed by atoms with Crippen molar-refractivity contribution in [3.8, 4) is 0 Å². The first-order valence-electron chi connectivity index (χ1n) is 7.71. The molecule has 1 atom stereocenters. The lowest BCUT2D eigenvalue weighted by Gasteiger charge is -2.25. The van der Waals surface area contributed by atoms with E-state index < -0.39 is 0 Å². The van der Waals surface area contributed by atoms with Crippen molar-refractivity contribution < 1.29 is 9.59 Å². The lowest BCUT2D eigenvalue weighted by molar-refractivity contribution is -0.133. The van der Waals surface area contributed by atoms with Gasteiger partial charge in [0.05, 0.1) is 12.6 Å². The second kappa shape index (κ2) is 6.92. The molecule has 5 nitrogen and oxygen atoms in total. The maximum atomic E-state index is 12.3. The quantitative estimate of drug-likeness (QED) is 0.923. The van der Waals surface area contributed by atoms with Gasteiger partial charge in [0.1, 0.15) is 0 Å². The highest BCUT2D eigenvalue weighted by molar-refractivity contribution is 5.93. The monoisotopic (exact) mass is 303 g/mol. The van der Waals surface area contributed by atoms with Gasteiger partial charge in [-0.1, -0.05) is 12.1 Å². The van der Waals surface area contributed by atoms with E-state index in [1.807, 2.05) is 36.9 Å². The van der Waals surface area contributed by atoms with Gasteiger partial charge in [0.25, 0.3) is 0 Å². The Morgan fingerprint density at radius 1 is 1.32 bits per heavy atom. The highest BCUT2D eigenvalue weighted by atomic mass is 16.2. The lowest BCUT2D eigenvalue weighted by Crippen LogP contribution is -2.45. The van der Waals surface area contributed by atoms with E-state index in [9.17, 15) is 9.59 Å². The number of amides is 2. The predicted octanol–water partition coefficient (Wildman–Crippen LogP) is 1.79. The van der Waals surface area contributed by atoms with Gasteiger partial charge in [0, 0.05) is 19.8 Å². The predicted molar refractivity (Wildman–Crippen MR) is 87.8 cm³/mol. The Morgan fingerprint density at radius 3 is 2.73 bits per heavy atom. The lowest BCUT2D eigenvalue weighted by atomic mass is 10.1. The van der Waals surface area contributed by atoms with E-state index in [2.05, 4.69) is 5.32 Å². The van der Waals surface area contributed by atoms with Crippen molar-refractivity contribution in [2.75, 3.05) is 32.5 Å². The number of carbonyl (C=O) groups is 2. The van der Waals surface area contributed by atoms with Gasteiger partial charge in [-0.15, -0.1) is 0 Å². The Labute approximate surface area is 132 Å². The first-order chi connectivity index (χ1) is 10.4. The number of rotatable bonds is 4. The van der Waals surface area contributed by atoms with Crippen LogP contribution in [0.3, 0.4) is 0 Å². The van der Waals surface area contributed by atoms with Crippen molar-refractivity contribution in [2.24, 2.45) is 0 Å². The molecule has 0 bridgehead atoms. The summed E-state index contributed by atoms with van der Waals surface area (Å²) >= 11 is 0. The topological polar surface area (TPSA) is 52.7 Å². The van der Waals surface area contributed by atoms with Crippen molar-refractivity contribution in [3.63, 3.8) is 0 Å². The summed E-state index contributed by atoms with van der Waals surface area (Å²) in [6.45, 7) is 5.03. The highest BCUT2D eigenvalue weighted by Crippen LogP contribution is 2.20. The Bertz CT molecular complexity index is 569. The number of carbonyl (C=O) groups excluding carboxylic acids is 2. The fourth-order valence-corrected chi connectivity index (χ4v) is 2.84. The van der Waals surface area contributed by atoms with Crippen molar-refractivity contribution in [2.45, 2.75) is 32.7 Å². The molecule has 2 amide bonds. The fourth-order valence-electron chi connectivity index (χ4n) is 2.84. The van der Waals surface area contributed by atoms with Gasteiger partial charge >= 0.3 is 0 Å². The number of hydrogen-bond acceptors (Lipinski definition) is 3. The third kappa shape index (κ3) is 3.85. The largest absolute Gasteiger partial charge is 0.347 e. The summed E-state index contributed by atoms with van der Waals surface area (Å²) in [6.07, 6.45) is 1.79. The van der Waals surface area contributed by atoms with Gasteiger partial charge in [0.15, 0.2) is 0 Å². The van der Waals surface area contributed by atoms with E-state index in [-0.39, 0.29) is 24.4 Å². The summed E-state index contributed by atoms with van der Waals surface area (Å²) < 4.78 is 0. The summed E-state index contributed by atoms with van der Waals surface area (Å²) in [5.41, 5.74) is 3.00. The second-order valence-electron chi connectivity index (χ2n) is 6.23. The average Bonchev–Trinajstić information content (AvgIpc) is 2.89. The molecule has 1 aliphatic rings. The van der Waals surface area contributed by atoms with E-state index >= 15 is 0 Å². The average molecular weight is 303 g/mol. The molecule has 22 heavy (non-hydrogen) atoms. The third-order valence-electron chi connectivity index (χ3n) is 4.10. The number of hydrogen-bond donors (Lipinski definition) is 1. The van der Waals surface area contributed by atoms with Crippen LogP contribution in [0.1, 0.15) is 24.0 Å². The van der Waals surface area contributed by atoms with Crippen LogP contribution in [-0.4, -0.2) is 54.8 Å². The SMILES string of the molecule is Cc1ccc(C)c(NC(=O)CN2CCC[C@H]2C(=O)N(C)C)c1. The number of likely N-dealkylation sites (tertiary alicyclic amines) is 1. The Balaban J connectivity index is 1.99. The standard InChI is InChI=1S/C17H25N3O2/c1-12-7-8-13(2)14(10-12)18-16(21)11-20-9-5-6-15(20)17(22)19(3)4/h7-8,10,15H,5-6,9,11H2,1-4H3,(H,18,21)/t15-/m0/s1. The summed E-state index contributed by atoms with van der Waals surface area (Å²) in [5.74, 6) is 0.0178. The molecule has 120 valence electrons. The molecule has 1 aliphatic heterocycles. The van der Waals surface area contributed by atoms with Crippen LogP contribution in [0.5, 0.6) is 0 Å². The first-order valence-corrected chi connectivity index (χ1v) is 7.71. The minimum Gasteiger partial charge on any atom is -0.347 e. The van der Waals surface area contributed by atoms with E-state index in [4.69, 9.17) is 0 Å². The maximum absolute atomic E-state index is 12.3. The van der Waals surface area contributed by atoms with Crippen LogP contribution in [0.4, 0.5) is 5.69 Å². The molecule has 2 rings (SSSR count). The minimum atomic E-state index is -0.167. The molecule has 5 heteroatoms. The fraction of sp³-hybridized carbons (Fsp3) is 0.529. The number of benzene rings is 1. The molecular weight excluding hydrogens is 278 g/mol. The zero-order valence-electron chi connectivity index (χ0n) is 13.8. The first kappa shape index (κ1) is 16.5. The molecule has 1 N–H and O–H groups in total. The number of anilines is 1. The summed E-state index contributed by atoms with van der Waals surface area (Å²) in [7, 11) is 3.52. The van der Waals surface area contributed by atoms with Gasteiger partial charge in [-0.3, -0.25) is 14.5 Å². The number of nitrogens with one attached hydrogen (secondary N) is 1. The van der Waals surface area contributed by atoms with Crippen molar-refractivity contribution in [1.29, 1.82) is 0 Å². The van der Waals surface area contributed by atoms with Gasteiger partial charge in [-0.05, 0) is 50.4 Å². The summed E-state index contributed by atoms with van der Waals surface area (Å²) in [6, 6.07) is 5.83. The molecule has 1 heterocycles. The molecule has 1 fully saturated rings. The van der Waals surface area contributed by atoms with E-state index in [1.165, 1.54) is 0 Å². The molecule has 0 saturated carbocycles. The van der Waals surface area contributed by atoms with Crippen LogP contribution >= 0.6 is 0 Å². The molecule has 0 spiro atoms. The van der Waals surface area contributed by atoms with Gasteiger partial charge in [-0.2, -0.15) is 0 Å². The van der Waals surface area contributed by atoms with Crippen LogP contribution in [0.25, 0.3) is 0 Å². The van der Waals surface area contributed by atoms with E-state index in [1.54, 1.807) is 19.0 Å². The van der Waals surface area contributed by atoms with Crippen molar-refractivity contribution >= 4 is 17.5 Å². The molecule has 1 saturated heterocycles. The van der Waals surface area contributed by atoms with Gasteiger partial charge < -0.3 is 10.2 Å². The Hall–Kier alpha value is -1.88. The Morgan fingerprint density at radius 2 is 2.05 bits per heavy atom. The van der Waals surface area contributed by atoms with Gasteiger partial charge in [0.2, 0.25) is 11.8 Å². The minimum absolute atomic E-state index is 0.0628. The summed E-state index contributed by atoms with van der Waals surface area (Å²) in [5, 5.41) is 2.96. The highest BCUT2D eigenvalue weighted by Gasteiger charge is 2.32. The van der Waals surface area contributed by atoms with Crippen molar-refractivity contribution in [3.05, 3.63) is 29.3 Å². The molecule has 1 aromatic rings. The molecule has 0 radical (unpaired) electrons. The summed E-state index contributed by atoms with van der Waals surface area (Å²) in [4.78, 5) is 28.0. The van der Waals surface area contributed by atoms with Crippen LogP contribution in [0.15, 0.2) is 18.2 Å². The van der Waals surface area contributed by atoms with Crippen LogP contribution in [0, 0.1) is 13.8 Å². The van der Waals surface area contributed by atoms with Crippen LogP contribution in [0.2, 0.25) is 0 Å². The maximum Gasteiger partial charge on any atom is 0.239 e. The number of likely N-dealkylation sites (N-methyl/N-ethyl adjacent to an activating group) is 1. The zero-order chi connectivity index (χ0) is 16.3. The van der Waals surface area contributed by atoms with E-state index in [0.717, 1.165) is 36.2 Å². The van der Waals surface area contributed by atoms with Crippen LogP contribution < -0.4 is 5.32 Å². The molecule has 0 aliphatic carbocycles. The number of aryl methyl sites for hydroxylation is 2. The second-order valence-corrected chi connectivity index (χ2v) is 6.23. The van der Waals surface area contributed by atoms with Crippen molar-refractivity contribution in [1.82, 2.24) is 9.80 Å². The smallest absolute Gasteiger partial charge is 0.239 e. The Kier molecular flexibility index (Phi) is 5.19. The number of nitrogens with zero attached hydrogens (tertiary/aromatic N) is 2. The molecule has 0 aromatic heterocycles. The normalized spacial score (nSPS) is 18.3. The molecular formula is C17H25N3O2. The zero-order valence-corrected chi connectivity index (χ0v) is 13.8. The van der Waals surface area contributed by atoms with Gasteiger partial charge in [-0.25, -0.2) is 0 Å². The third-order valence-corrected chi connectivity index (χ3v) is 4.10. The van der Waals surface area contributed by atoms with Crippen LogP contribution in [-0.2, 0) is 9.59 Å². The molecule has 0 unspecified atom stereocenters. The molecule has 1 aromatic carbocycles. The van der Waals surface area contributed by atoms with E-state index in [0.29, 0.717) is 0 Å².